The number of alkyl halides is 1. The van der Waals surface area contributed by atoms with Crippen LogP contribution in [0.15, 0.2) is 42.5 Å². The monoisotopic (exact) mass is 260 g/mol. The second-order valence-electron chi connectivity index (χ2n) is 4.44. The van der Waals surface area contributed by atoms with Crippen LogP contribution in [0.3, 0.4) is 0 Å². The average molecular weight is 261 g/mol. The van der Waals surface area contributed by atoms with E-state index in [1.54, 1.807) is 7.11 Å². The van der Waals surface area contributed by atoms with E-state index in [-0.39, 0.29) is 5.38 Å². The number of hydrogen-bond acceptors (Lipinski definition) is 1. The summed E-state index contributed by atoms with van der Waals surface area (Å²) in [5, 5.41) is -0.114. The minimum atomic E-state index is -0.114. The molecule has 0 heterocycles. The second-order valence-corrected chi connectivity index (χ2v) is 4.88. The van der Waals surface area contributed by atoms with Gasteiger partial charge in [0.1, 0.15) is 5.75 Å². The summed E-state index contributed by atoms with van der Waals surface area (Å²) in [6.45, 7) is 4.15. The van der Waals surface area contributed by atoms with Crippen molar-refractivity contribution in [3.63, 3.8) is 0 Å². The fourth-order valence-electron chi connectivity index (χ4n) is 2.10. The summed E-state index contributed by atoms with van der Waals surface area (Å²) >= 11 is 6.60. The lowest BCUT2D eigenvalue weighted by Crippen LogP contribution is -1.99. The summed E-state index contributed by atoms with van der Waals surface area (Å²) in [4.78, 5) is 0. The molecule has 1 nitrogen and oxygen atoms in total. The van der Waals surface area contributed by atoms with Gasteiger partial charge in [-0.1, -0.05) is 30.3 Å². The minimum Gasteiger partial charge on any atom is -0.497 e. The van der Waals surface area contributed by atoms with Gasteiger partial charge in [-0.25, -0.2) is 0 Å². The Morgan fingerprint density at radius 2 is 1.61 bits per heavy atom. The highest BCUT2D eigenvalue weighted by atomic mass is 35.5. The van der Waals surface area contributed by atoms with Gasteiger partial charge in [-0.15, -0.1) is 11.6 Å². The van der Waals surface area contributed by atoms with Crippen molar-refractivity contribution in [1.29, 1.82) is 0 Å². The van der Waals surface area contributed by atoms with Gasteiger partial charge < -0.3 is 4.74 Å². The molecule has 0 saturated heterocycles. The van der Waals surface area contributed by atoms with E-state index in [2.05, 4.69) is 26.0 Å². The zero-order valence-corrected chi connectivity index (χ0v) is 11.7. The molecule has 2 aromatic rings. The third-order valence-electron chi connectivity index (χ3n) is 3.21. The van der Waals surface area contributed by atoms with Crippen molar-refractivity contribution in [2.45, 2.75) is 19.2 Å². The van der Waals surface area contributed by atoms with E-state index < -0.39 is 0 Å². The lowest BCUT2D eigenvalue weighted by atomic mass is 9.97. The smallest absolute Gasteiger partial charge is 0.119 e. The molecule has 18 heavy (non-hydrogen) atoms. The van der Waals surface area contributed by atoms with Crippen LogP contribution in [0.2, 0.25) is 0 Å². The Kier molecular flexibility index (Phi) is 3.93. The molecule has 0 aliphatic heterocycles. The standard InChI is InChI=1S/C16H17ClO/c1-11-6-4-5-7-14(11)16(17)15-9-8-13(18-3)10-12(15)2/h4-10,16H,1-3H3. The van der Waals surface area contributed by atoms with Gasteiger partial charge in [0.05, 0.1) is 12.5 Å². The van der Waals surface area contributed by atoms with E-state index in [1.807, 2.05) is 30.3 Å². The predicted octanol–water partition coefficient (Wildman–Crippen LogP) is 4.64. The number of methoxy groups -OCH3 is 1. The van der Waals surface area contributed by atoms with Crippen LogP contribution in [0.1, 0.15) is 27.6 Å². The Hall–Kier alpha value is -1.47. The number of rotatable bonds is 3. The highest BCUT2D eigenvalue weighted by Gasteiger charge is 2.15. The minimum absolute atomic E-state index is 0.114. The van der Waals surface area contributed by atoms with Crippen molar-refractivity contribution in [1.82, 2.24) is 0 Å². The maximum Gasteiger partial charge on any atom is 0.119 e. The van der Waals surface area contributed by atoms with Crippen molar-refractivity contribution in [2.75, 3.05) is 7.11 Å². The van der Waals surface area contributed by atoms with Crippen LogP contribution in [0, 0.1) is 13.8 Å². The Bertz CT molecular complexity index is 549. The number of ether oxygens (including phenoxy) is 1. The van der Waals surface area contributed by atoms with E-state index in [0.29, 0.717) is 0 Å². The summed E-state index contributed by atoms with van der Waals surface area (Å²) in [5.41, 5.74) is 4.66. The Labute approximate surface area is 113 Å². The van der Waals surface area contributed by atoms with Gasteiger partial charge in [-0.3, -0.25) is 0 Å². The summed E-state index contributed by atoms with van der Waals surface area (Å²) in [6.07, 6.45) is 0. The molecule has 1 atom stereocenters. The molecule has 0 saturated carbocycles. The quantitative estimate of drug-likeness (QED) is 0.731. The first-order chi connectivity index (χ1) is 8.63. The van der Waals surface area contributed by atoms with Crippen LogP contribution >= 0.6 is 11.6 Å². The third kappa shape index (κ3) is 2.51. The van der Waals surface area contributed by atoms with Crippen molar-refractivity contribution in [2.24, 2.45) is 0 Å². The number of halogens is 1. The van der Waals surface area contributed by atoms with Gasteiger partial charge in [-0.05, 0) is 48.2 Å². The molecule has 0 aromatic heterocycles. The first-order valence-corrected chi connectivity index (χ1v) is 6.41. The van der Waals surface area contributed by atoms with E-state index in [9.17, 15) is 0 Å². The normalized spacial score (nSPS) is 12.2. The van der Waals surface area contributed by atoms with Crippen LogP contribution < -0.4 is 4.74 Å². The lowest BCUT2D eigenvalue weighted by Gasteiger charge is -2.16. The molecular formula is C16H17ClO. The Morgan fingerprint density at radius 1 is 0.944 bits per heavy atom. The number of hydrogen-bond donors (Lipinski definition) is 0. The summed E-state index contributed by atoms with van der Waals surface area (Å²) in [5.74, 6) is 0.866. The highest BCUT2D eigenvalue weighted by molar-refractivity contribution is 6.22. The molecule has 1 unspecified atom stereocenters. The van der Waals surface area contributed by atoms with Crippen molar-refractivity contribution in [3.8, 4) is 5.75 Å². The predicted molar refractivity (Wildman–Crippen MR) is 76.6 cm³/mol. The van der Waals surface area contributed by atoms with Crippen LogP contribution in [0.5, 0.6) is 5.75 Å². The molecule has 0 aliphatic carbocycles. The largest absolute Gasteiger partial charge is 0.497 e. The van der Waals surface area contributed by atoms with Gasteiger partial charge in [0, 0.05) is 0 Å². The molecular weight excluding hydrogens is 244 g/mol. The third-order valence-corrected chi connectivity index (χ3v) is 3.68. The molecule has 0 radical (unpaired) electrons. The van der Waals surface area contributed by atoms with Crippen LogP contribution in [-0.4, -0.2) is 7.11 Å². The number of benzene rings is 2. The molecule has 0 amide bonds. The molecule has 2 heteroatoms. The second kappa shape index (κ2) is 5.45. The van der Waals surface area contributed by atoms with Gasteiger partial charge in [0.15, 0.2) is 0 Å². The SMILES string of the molecule is COc1ccc(C(Cl)c2ccccc2C)c(C)c1. The average Bonchev–Trinajstić information content (AvgIpc) is 2.38. The lowest BCUT2D eigenvalue weighted by molar-refractivity contribution is 0.414. The molecule has 2 rings (SSSR count). The van der Waals surface area contributed by atoms with Crippen molar-refractivity contribution < 1.29 is 4.74 Å². The fourth-order valence-corrected chi connectivity index (χ4v) is 2.59. The summed E-state index contributed by atoms with van der Waals surface area (Å²) in [6, 6.07) is 14.2. The van der Waals surface area contributed by atoms with E-state index in [4.69, 9.17) is 16.3 Å². The van der Waals surface area contributed by atoms with E-state index in [1.165, 1.54) is 5.56 Å². The molecule has 0 bridgehead atoms. The van der Waals surface area contributed by atoms with Crippen LogP contribution in [0.4, 0.5) is 0 Å². The molecule has 0 aliphatic rings. The van der Waals surface area contributed by atoms with Gasteiger partial charge in [0.25, 0.3) is 0 Å². The van der Waals surface area contributed by atoms with Crippen molar-refractivity contribution in [3.05, 3.63) is 64.7 Å². The molecule has 94 valence electrons. The zero-order chi connectivity index (χ0) is 13.1. The van der Waals surface area contributed by atoms with E-state index in [0.717, 1.165) is 22.4 Å². The zero-order valence-electron chi connectivity index (χ0n) is 10.9. The van der Waals surface area contributed by atoms with Gasteiger partial charge in [-0.2, -0.15) is 0 Å². The van der Waals surface area contributed by atoms with Gasteiger partial charge in [0.2, 0.25) is 0 Å². The van der Waals surface area contributed by atoms with Gasteiger partial charge >= 0.3 is 0 Å². The molecule has 0 N–H and O–H groups in total. The molecule has 0 fully saturated rings. The maximum absolute atomic E-state index is 6.60. The summed E-state index contributed by atoms with van der Waals surface area (Å²) in [7, 11) is 1.67. The van der Waals surface area contributed by atoms with E-state index >= 15 is 0 Å². The first kappa shape index (κ1) is 13.0. The maximum atomic E-state index is 6.60. The summed E-state index contributed by atoms with van der Waals surface area (Å²) < 4.78 is 5.22. The molecule has 2 aromatic carbocycles. The topological polar surface area (TPSA) is 9.23 Å². The Morgan fingerprint density at radius 3 is 2.22 bits per heavy atom. The fraction of sp³-hybridized carbons (Fsp3) is 0.250. The number of aryl methyl sites for hydroxylation is 2. The highest BCUT2D eigenvalue weighted by Crippen LogP contribution is 2.34. The van der Waals surface area contributed by atoms with Crippen LogP contribution in [0.25, 0.3) is 0 Å². The molecule has 0 spiro atoms. The Balaban J connectivity index is 2.40. The first-order valence-electron chi connectivity index (χ1n) is 5.97. The van der Waals surface area contributed by atoms with Crippen LogP contribution in [-0.2, 0) is 0 Å². The van der Waals surface area contributed by atoms with Crippen molar-refractivity contribution >= 4 is 11.6 Å².